The molecule has 3 aromatic carbocycles. The maximum atomic E-state index is 13.3. The summed E-state index contributed by atoms with van der Waals surface area (Å²) in [6, 6.07) is 19.7. The van der Waals surface area contributed by atoms with Gasteiger partial charge in [0.05, 0.1) is 23.8 Å². The predicted octanol–water partition coefficient (Wildman–Crippen LogP) is 3.98. The summed E-state index contributed by atoms with van der Waals surface area (Å²) < 4.78 is 32.9. The van der Waals surface area contributed by atoms with Gasteiger partial charge in [0.2, 0.25) is 15.9 Å². The Morgan fingerprint density at radius 3 is 2.50 bits per heavy atom. The fourth-order valence-electron chi connectivity index (χ4n) is 4.18. The first-order valence-corrected chi connectivity index (χ1v) is 12.8. The molecule has 34 heavy (non-hydrogen) atoms. The first-order chi connectivity index (χ1) is 16.4. The molecule has 1 amide bonds. The number of piperidine rings is 1. The summed E-state index contributed by atoms with van der Waals surface area (Å²) in [6.07, 6.45) is 1.41. The Morgan fingerprint density at radius 2 is 1.76 bits per heavy atom. The molecule has 0 aromatic heterocycles. The number of hydrogen-bond donors (Lipinski definition) is 1. The molecule has 4 rings (SSSR count). The zero-order chi connectivity index (χ0) is 24.1. The fraction of sp³-hybridized carbons (Fsp3) is 0.308. The number of hydrogen-bond acceptors (Lipinski definition) is 5. The van der Waals surface area contributed by atoms with E-state index in [9.17, 15) is 18.0 Å². The van der Waals surface area contributed by atoms with Crippen LogP contribution in [0.4, 0.5) is 5.69 Å². The third-order valence-corrected chi connectivity index (χ3v) is 7.85. The molecule has 178 valence electrons. The van der Waals surface area contributed by atoms with Crippen molar-refractivity contribution in [3.8, 4) is 0 Å². The van der Waals surface area contributed by atoms with E-state index in [0.29, 0.717) is 31.7 Å². The Bertz CT molecular complexity index is 1290. The van der Waals surface area contributed by atoms with Gasteiger partial charge >= 0.3 is 5.97 Å². The summed E-state index contributed by atoms with van der Waals surface area (Å²) in [6.45, 7) is 2.63. The van der Waals surface area contributed by atoms with Crippen molar-refractivity contribution in [2.45, 2.75) is 31.1 Å². The lowest BCUT2D eigenvalue weighted by molar-refractivity contribution is -0.142. The Balaban J connectivity index is 1.41. The zero-order valence-corrected chi connectivity index (χ0v) is 19.9. The van der Waals surface area contributed by atoms with E-state index in [2.05, 4.69) is 5.32 Å². The van der Waals surface area contributed by atoms with E-state index in [0.717, 1.165) is 16.3 Å². The van der Waals surface area contributed by atoms with Gasteiger partial charge < -0.3 is 10.1 Å². The third-order valence-electron chi connectivity index (χ3n) is 5.99. The smallest absolute Gasteiger partial charge is 0.310 e. The minimum Gasteiger partial charge on any atom is -0.466 e. The normalized spacial score (nSPS) is 16.8. The molecule has 1 saturated heterocycles. The molecule has 7 nitrogen and oxygen atoms in total. The molecular weight excluding hydrogens is 452 g/mol. The molecule has 0 aliphatic carbocycles. The van der Waals surface area contributed by atoms with E-state index < -0.39 is 15.9 Å². The minimum absolute atomic E-state index is 0.141. The maximum Gasteiger partial charge on any atom is 0.310 e. The van der Waals surface area contributed by atoms with Crippen molar-refractivity contribution >= 4 is 38.4 Å². The molecule has 1 aliphatic rings. The second-order valence-electron chi connectivity index (χ2n) is 8.38. The number of esters is 1. The van der Waals surface area contributed by atoms with Crippen molar-refractivity contribution in [3.05, 3.63) is 72.3 Å². The van der Waals surface area contributed by atoms with Gasteiger partial charge in [-0.3, -0.25) is 9.59 Å². The molecule has 3 aromatic rings. The Labute approximate surface area is 199 Å². The van der Waals surface area contributed by atoms with Gasteiger partial charge in [-0.25, -0.2) is 8.42 Å². The lowest BCUT2D eigenvalue weighted by Gasteiger charge is -2.31. The molecule has 1 aliphatic heterocycles. The number of carbonyl (C=O) groups is 2. The van der Waals surface area contributed by atoms with Gasteiger partial charge in [-0.05, 0) is 60.4 Å². The number of amides is 1. The van der Waals surface area contributed by atoms with E-state index in [1.807, 2.05) is 30.3 Å². The van der Waals surface area contributed by atoms with Gasteiger partial charge in [-0.1, -0.05) is 42.5 Å². The van der Waals surface area contributed by atoms with Gasteiger partial charge in [-0.2, -0.15) is 4.31 Å². The van der Waals surface area contributed by atoms with Crippen LogP contribution in [0.5, 0.6) is 0 Å². The van der Waals surface area contributed by atoms with Crippen molar-refractivity contribution < 1.29 is 22.7 Å². The van der Waals surface area contributed by atoms with E-state index in [-0.39, 0.29) is 29.7 Å². The second kappa shape index (κ2) is 10.4. The summed E-state index contributed by atoms with van der Waals surface area (Å²) >= 11 is 0. The molecular formula is C26H28N2O5S. The number of rotatable bonds is 7. The highest BCUT2D eigenvalue weighted by molar-refractivity contribution is 7.89. The molecule has 0 radical (unpaired) electrons. The fourth-order valence-corrected chi connectivity index (χ4v) is 5.74. The first-order valence-electron chi connectivity index (χ1n) is 11.4. The van der Waals surface area contributed by atoms with Crippen molar-refractivity contribution in [2.24, 2.45) is 5.92 Å². The number of nitrogens with one attached hydrogen (secondary N) is 1. The third kappa shape index (κ3) is 5.46. The average Bonchev–Trinajstić information content (AvgIpc) is 2.85. The van der Waals surface area contributed by atoms with Crippen LogP contribution in [0.15, 0.2) is 71.6 Å². The van der Waals surface area contributed by atoms with E-state index >= 15 is 0 Å². The van der Waals surface area contributed by atoms with Crippen LogP contribution >= 0.6 is 0 Å². The molecule has 0 spiro atoms. The average molecular weight is 481 g/mol. The Kier molecular flexibility index (Phi) is 7.29. The second-order valence-corrected chi connectivity index (χ2v) is 10.3. The minimum atomic E-state index is -3.71. The summed E-state index contributed by atoms with van der Waals surface area (Å²) in [5.74, 6) is -0.950. The zero-order valence-electron chi connectivity index (χ0n) is 19.1. The summed E-state index contributed by atoms with van der Waals surface area (Å²) in [5.41, 5.74) is 1.40. The molecule has 1 N–H and O–H groups in total. The van der Waals surface area contributed by atoms with Crippen molar-refractivity contribution in [2.75, 3.05) is 25.0 Å². The molecule has 1 atom stereocenters. The standard InChI is InChI=1S/C26H28N2O5S/c1-2-33-25(29)16-19-9-12-23(13-10-19)27-26(30)22-8-5-15-28(18-22)34(31,32)24-14-11-20-6-3-4-7-21(20)17-24/h3-4,6-7,9-14,17,22H,2,5,8,15-16,18H2,1H3,(H,27,30). The number of anilines is 1. The first kappa shape index (κ1) is 23.9. The van der Waals surface area contributed by atoms with Gasteiger partial charge in [0.1, 0.15) is 0 Å². The highest BCUT2D eigenvalue weighted by Gasteiger charge is 2.33. The molecule has 0 saturated carbocycles. The van der Waals surface area contributed by atoms with Crippen molar-refractivity contribution in [1.29, 1.82) is 0 Å². The van der Waals surface area contributed by atoms with Crippen LogP contribution < -0.4 is 5.32 Å². The summed E-state index contributed by atoms with van der Waals surface area (Å²) in [5, 5.41) is 4.72. The topological polar surface area (TPSA) is 92.8 Å². The summed E-state index contributed by atoms with van der Waals surface area (Å²) in [4.78, 5) is 24.7. The monoisotopic (exact) mass is 480 g/mol. The highest BCUT2D eigenvalue weighted by Crippen LogP contribution is 2.27. The van der Waals surface area contributed by atoms with Crippen LogP contribution in [-0.2, 0) is 30.8 Å². The van der Waals surface area contributed by atoms with Crippen LogP contribution in [0.1, 0.15) is 25.3 Å². The predicted molar refractivity (Wildman–Crippen MR) is 131 cm³/mol. The number of fused-ring (bicyclic) bond motifs is 1. The van der Waals surface area contributed by atoms with E-state index in [1.165, 1.54) is 4.31 Å². The van der Waals surface area contributed by atoms with Crippen LogP contribution in [0.2, 0.25) is 0 Å². The number of ether oxygens (including phenoxy) is 1. The maximum absolute atomic E-state index is 13.3. The van der Waals surface area contributed by atoms with Crippen molar-refractivity contribution in [3.63, 3.8) is 0 Å². The molecule has 0 bridgehead atoms. The van der Waals surface area contributed by atoms with E-state index in [4.69, 9.17) is 4.74 Å². The molecule has 1 unspecified atom stereocenters. The van der Waals surface area contributed by atoms with Crippen LogP contribution in [0.25, 0.3) is 10.8 Å². The molecule has 1 fully saturated rings. The SMILES string of the molecule is CCOC(=O)Cc1ccc(NC(=O)C2CCCN(S(=O)(=O)c3ccc4ccccc4c3)C2)cc1. The number of nitrogens with zero attached hydrogens (tertiary/aromatic N) is 1. The quantitative estimate of drug-likeness (QED) is 0.517. The molecule has 8 heteroatoms. The summed E-state index contributed by atoms with van der Waals surface area (Å²) in [7, 11) is -3.71. The van der Waals surface area contributed by atoms with Gasteiger partial charge in [0, 0.05) is 18.8 Å². The number of benzene rings is 3. The lowest BCUT2D eigenvalue weighted by Crippen LogP contribution is -2.43. The largest absolute Gasteiger partial charge is 0.466 e. The molecule has 1 heterocycles. The highest BCUT2D eigenvalue weighted by atomic mass is 32.2. The Morgan fingerprint density at radius 1 is 1.03 bits per heavy atom. The van der Waals surface area contributed by atoms with Gasteiger partial charge in [-0.15, -0.1) is 0 Å². The van der Waals surface area contributed by atoms with Crippen LogP contribution in [-0.4, -0.2) is 44.3 Å². The van der Waals surface area contributed by atoms with Crippen LogP contribution in [0, 0.1) is 5.92 Å². The van der Waals surface area contributed by atoms with Gasteiger partial charge in [0.25, 0.3) is 0 Å². The van der Waals surface area contributed by atoms with E-state index in [1.54, 1.807) is 43.3 Å². The lowest BCUT2D eigenvalue weighted by atomic mass is 9.98. The van der Waals surface area contributed by atoms with Gasteiger partial charge in [0.15, 0.2) is 0 Å². The Hall–Kier alpha value is -3.23. The van der Waals surface area contributed by atoms with Crippen molar-refractivity contribution in [1.82, 2.24) is 4.31 Å². The van der Waals surface area contributed by atoms with Crippen LogP contribution in [0.3, 0.4) is 0 Å². The number of sulfonamides is 1. The number of carbonyl (C=O) groups excluding carboxylic acids is 2.